The highest BCUT2D eigenvalue weighted by molar-refractivity contribution is 5.96. The van der Waals surface area contributed by atoms with Crippen LogP contribution >= 0.6 is 0 Å². The highest BCUT2D eigenvalue weighted by Crippen LogP contribution is 2.20. The first kappa shape index (κ1) is 28.4. The summed E-state index contributed by atoms with van der Waals surface area (Å²) in [5.74, 6) is -4.00. The van der Waals surface area contributed by atoms with Crippen LogP contribution < -0.4 is 10.2 Å². The molecule has 188 valence electrons. The molecule has 0 spiro atoms. The molecule has 0 heterocycles. The normalized spacial score (nSPS) is 13.0. The van der Waals surface area contributed by atoms with E-state index in [1.54, 1.807) is 12.1 Å². The molecule has 1 aromatic rings. The fourth-order valence-electron chi connectivity index (χ4n) is 3.14. The van der Waals surface area contributed by atoms with Crippen LogP contribution in [0.3, 0.4) is 0 Å². The summed E-state index contributed by atoms with van der Waals surface area (Å²) >= 11 is 0. The van der Waals surface area contributed by atoms with Crippen LogP contribution in [0.15, 0.2) is 24.3 Å². The summed E-state index contributed by atoms with van der Waals surface area (Å²) in [6, 6.07) is 6.96. The van der Waals surface area contributed by atoms with E-state index in [-0.39, 0.29) is 0 Å². The van der Waals surface area contributed by atoms with E-state index in [0.717, 1.165) is 46.5 Å². The molecule has 1 N–H and O–H groups in total. The molecule has 0 aliphatic heterocycles. The van der Waals surface area contributed by atoms with Gasteiger partial charge in [-0.2, -0.15) is 0 Å². The molecule has 0 radical (unpaired) electrons. The fourth-order valence-corrected chi connectivity index (χ4v) is 3.14. The average Bonchev–Trinajstić information content (AvgIpc) is 2.75. The third kappa shape index (κ3) is 9.47. The maximum atomic E-state index is 13.1. The number of benzene rings is 1. The molecule has 1 amide bonds. The van der Waals surface area contributed by atoms with E-state index in [1.807, 2.05) is 26.0 Å². The molecule has 1 rings (SSSR count). The van der Waals surface area contributed by atoms with Gasteiger partial charge in [0.25, 0.3) is 5.91 Å². The van der Waals surface area contributed by atoms with E-state index in [4.69, 9.17) is 18.9 Å². The monoisotopic (exact) mass is 480 g/mol. The molecule has 0 aromatic heterocycles. The van der Waals surface area contributed by atoms with E-state index in [1.165, 1.54) is 0 Å². The minimum Gasteiger partial charge on any atom is -0.462 e. The number of carbonyl (C=O) groups excluding carboxylic acids is 5. The number of anilines is 2. The second-order valence-electron chi connectivity index (χ2n) is 7.26. The lowest BCUT2D eigenvalue weighted by molar-refractivity contribution is -0.190. The van der Waals surface area contributed by atoms with Gasteiger partial charge in [0.05, 0.1) is 0 Å². The van der Waals surface area contributed by atoms with E-state index in [9.17, 15) is 24.0 Å². The third-order valence-electron chi connectivity index (χ3n) is 4.55. The predicted molar refractivity (Wildman–Crippen MR) is 122 cm³/mol. The standard InChI is InChI=1S/C23H32N2O9/c1-7-25(8-2)19-11-9-18(10-12-19)24-23(30)22(34-17(6)29)21(33-16(5)28)20(32-15(4)27)13-31-14(3)26/h9-12,20-22H,7-8,13H2,1-6H3,(H,24,30)/t20-,21+,22-/m0/s1. The summed E-state index contributed by atoms with van der Waals surface area (Å²) < 4.78 is 20.4. The van der Waals surface area contributed by atoms with E-state index in [2.05, 4.69) is 10.2 Å². The van der Waals surface area contributed by atoms with Gasteiger partial charge in [0.1, 0.15) is 6.61 Å². The minimum absolute atomic E-state index is 0.392. The minimum atomic E-state index is -1.70. The van der Waals surface area contributed by atoms with Crippen LogP contribution in [0.25, 0.3) is 0 Å². The van der Waals surface area contributed by atoms with Crippen molar-refractivity contribution in [1.29, 1.82) is 0 Å². The van der Waals surface area contributed by atoms with Gasteiger partial charge >= 0.3 is 23.9 Å². The number of hydrogen-bond acceptors (Lipinski definition) is 10. The van der Waals surface area contributed by atoms with E-state index in [0.29, 0.717) is 5.69 Å². The molecular weight excluding hydrogens is 448 g/mol. The quantitative estimate of drug-likeness (QED) is 0.348. The number of rotatable bonds is 12. The Kier molecular flexibility index (Phi) is 11.5. The number of ether oxygens (including phenoxy) is 4. The number of nitrogens with zero attached hydrogens (tertiary/aromatic N) is 1. The zero-order chi connectivity index (χ0) is 25.8. The Balaban J connectivity index is 3.25. The molecule has 11 heteroatoms. The molecule has 0 unspecified atom stereocenters. The van der Waals surface area contributed by atoms with Crippen molar-refractivity contribution < 1.29 is 42.9 Å². The molecule has 34 heavy (non-hydrogen) atoms. The van der Waals surface area contributed by atoms with Crippen molar-refractivity contribution in [3.05, 3.63) is 24.3 Å². The lowest BCUT2D eigenvalue weighted by Crippen LogP contribution is -2.52. The molecular formula is C23H32N2O9. The van der Waals surface area contributed by atoms with Gasteiger partial charge in [-0.15, -0.1) is 0 Å². The van der Waals surface area contributed by atoms with Crippen molar-refractivity contribution in [2.24, 2.45) is 0 Å². The maximum absolute atomic E-state index is 13.1. The maximum Gasteiger partial charge on any atom is 0.303 e. The summed E-state index contributed by atoms with van der Waals surface area (Å²) in [7, 11) is 0. The highest BCUT2D eigenvalue weighted by atomic mass is 16.6. The van der Waals surface area contributed by atoms with Crippen LogP contribution in [-0.4, -0.2) is 67.8 Å². The van der Waals surface area contributed by atoms with Gasteiger partial charge in [0.2, 0.25) is 6.10 Å². The van der Waals surface area contributed by atoms with Crippen LogP contribution in [0.4, 0.5) is 11.4 Å². The third-order valence-corrected chi connectivity index (χ3v) is 4.55. The Morgan fingerprint density at radius 2 is 1.32 bits per heavy atom. The second kappa shape index (κ2) is 13.8. The fraction of sp³-hybridized carbons (Fsp3) is 0.522. The van der Waals surface area contributed by atoms with E-state index < -0.39 is 54.7 Å². The zero-order valence-corrected chi connectivity index (χ0v) is 20.3. The Morgan fingerprint density at radius 1 is 0.794 bits per heavy atom. The number of esters is 4. The molecule has 3 atom stereocenters. The summed E-state index contributed by atoms with van der Waals surface area (Å²) in [6.45, 7) is 9.47. The molecule has 0 bridgehead atoms. The smallest absolute Gasteiger partial charge is 0.303 e. The first-order chi connectivity index (χ1) is 16.0. The zero-order valence-electron chi connectivity index (χ0n) is 20.3. The molecule has 0 aliphatic carbocycles. The van der Waals surface area contributed by atoms with Gasteiger partial charge in [0.15, 0.2) is 12.2 Å². The van der Waals surface area contributed by atoms with Crippen molar-refractivity contribution in [2.75, 3.05) is 29.9 Å². The Hall–Kier alpha value is -3.63. The van der Waals surface area contributed by atoms with E-state index >= 15 is 0 Å². The molecule has 0 aliphatic rings. The molecule has 0 saturated carbocycles. The van der Waals surface area contributed by atoms with Crippen molar-refractivity contribution in [3.8, 4) is 0 Å². The van der Waals surface area contributed by atoms with Gasteiger partial charge in [-0.05, 0) is 38.1 Å². The summed E-state index contributed by atoms with van der Waals surface area (Å²) in [5, 5.41) is 2.60. The Morgan fingerprint density at radius 3 is 1.76 bits per heavy atom. The lowest BCUT2D eigenvalue weighted by Gasteiger charge is -2.30. The van der Waals surface area contributed by atoms with Gasteiger partial charge in [0, 0.05) is 52.2 Å². The topological polar surface area (TPSA) is 138 Å². The van der Waals surface area contributed by atoms with Gasteiger partial charge in [-0.1, -0.05) is 0 Å². The number of hydrogen-bond donors (Lipinski definition) is 1. The van der Waals surface area contributed by atoms with Crippen LogP contribution in [0, 0.1) is 0 Å². The Labute approximate surface area is 198 Å². The van der Waals surface area contributed by atoms with Gasteiger partial charge in [-0.25, -0.2) is 0 Å². The summed E-state index contributed by atoms with van der Waals surface area (Å²) in [6.07, 6.45) is -4.70. The molecule has 1 aromatic carbocycles. The largest absolute Gasteiger partial charge is 0.462 e. The second-order valence-corrected chi connectivity index (χ2v) is 7.26. The van der Waals surface area contributed by atoms with Crippen LogP contribution in [0.5, 0.6) is 0 Å². The van der Waals surface area contributed by atoms with Gasteiger partial charge < -0.3 is 29.2 Å². The van der Waals surface area contributed by atoms with Crippen molar-refractivity contribution in [1.82, 2.24) is 0 Å². The van der Waals surface area contributed by atoms with Crippen molar-refractivity contribution in [2.45, 2.75) is 59.9 Å². The van der Waals surface area contributed by atoms with Crippen molar-refractivity contribution >= 4 is 41.2 Å². The van der Waals surface area contributed by atoms with Crippen molar-refractivity contribution in [3.63, 3.8) is 0 Å². The highest BCUT2D eigenvalue weighted by Gasteiger charge is 2.42. The summed E-state index contributed by atoms with van der Waals surface area (Å²) in [5.41, 5.74) is 1.34. The van der Waals surface area contributed by atoms with Crippen LogP contribution in [0.1, 0.15) is 41.5 Å². The van der Waals surface area contributed by atoms with Gasteiger partial charge in [-0.3, -0.25) is 24.0 Å². The Bertz CT molecular complexity index is 866. The average molecular weight is 481 g/mol. The lowest BCUT2D eigenvalue weighted by atomic mass is 10.1. The summed E-state index contributed by atoms with van der Waals surface area (Å²) in [4.78, 5) is 61.6. The SMILES string of the molecule is CCN(CC)c1ccc(NC(=O)[C@@H](OC(C)=O)[C@H](OC(C)=O)[C@H](COC(C)=O)OC(C)=O)cc1. The first-order valence-electron chi connectivity index (χ1n) is 10.8. The number of amides is 1. The number of nitrogens with one attached hydrogen (secondary N) is 1. The molecule has 0 fully saturated rings. The number of carbonyl (C=O) groups is 5. The predicted octanol–water partition coefficient (Wildman–Crippen LogP) is 1.83. The van der Waals surface area contributed by atoms with Crippen LogP contribution in [0.2, 0.25) is 0 Å². The molecule has 11 nitrogen and oxygen atoms in total. The first-order valence-corrected chi connectivity index (χ1v) is 10.8. The molecule has 0 saturated heterocycles. The van der Waals surface area contributed by atoms with Crippen LogP contribution in [-0.2, 0) is 42.9 Å².